The summed E-state index contributed by atoms with van der Waals surface area (Å²) in [4.78, 5) is 2.48. The monoisotopic (exact) mass is 303 g/mol. The Morgan fingerprint density at radius 2 is 1.76 bits per heavy atom. The first-order valence-electron chi connectivity index (χ1n) is 7.69. The second-order valence-electron chi connectivity index (χ2n) is 5.71. The average molecular weight is 303 g/mol. The zero-order valence-electron chi connectivity index (χ0n) is 12.8. The van der Waals surface area contributed by atoms with Gasteiger partial charge in [0.15, 0.2) is 5.11 Å². The van der Waals surface area contributed by atoms with Gasteiger partial charge in [-0.25, -0.2) is 0 Å². The minimum Gasteiger partial charge on any atom is -0.372 e. The molecule has 1 aliphatic heterocycles. The van der Waals surface area contributed by atoms with Gasteiger partial charge in [0, 0.05) is 31.0 Å². The molecule has 0 bridgehead atoms. The van der Waals surface area contributed by atoms with Crippen molar-refractivity contribution in [2.45, 2.75) is 32.6 Å². The summed E-state index contributed by atoms with van der Waals surface area (Å²) in [6.07, 6.45) is 5.32. The fourth-order valence-electron chi connectivity index (χ4n) is 2.49. The first kappa shape index (κ1) is 15.8. The standard InChI is InChI=1S/C17H25N3S/c1-14(2)13-18-17(21)19-15-7-9-16(10-8-15)20-11-5-3-4-6-12-20/h7-10H,1,3-6,11-13H2,2H3,(H2,18,19,21). The number of hydrogen-bond acceptors (Lipinski definition) is 2. The molecule has 0 unspecified atom stereocenters. The minimum atomic E-state index is 0.639. The summed E-state index contributed by atoms with van der Waals surface area (Å²) in [5.41, 5.74) is 3.40. The molecule has 1 saturated heterocycles. The van der Waals surface area contributed by atoms with E-state index in [1.54, 1.807) is 0 Å². The largest absolute Gasteiger partial charge is 0.372 e. The summed E-state index contributed by atoms with van der Waals surface area (Å²) in [5, 5.41) is 6.97. The molecule has 21 heavy (non-hydrogen) atoms. The van der Waals surface area contributed by atoms with E-state index in [4.69, 9.17) is 12.2 Å². The minimum absolute atomic E-state index is 0.639. The van der Waals surface area contributed by atoms with Crippen molar-refractivity contribution >= 4 is 28.7 Å². The maximum atomic E-state index is 5.26. The van der Waals surface area contributed by atoms with Crippen LogP contribution in [0.2, 0.25) is 0 Å². The van der Waals surface area contributed by atoms with Crippen molar-refractivity contribution in [1.29, 1.82) is 0 Å². The molecule has 2 rings (SSSR count). The Balaban J connectivity index is 1.89. The van der Waals surface area contributed by atoms with Crippen LogP contribution in [0.4, 0.5) is 11.4 Å². The topological polar surface area (TPSA) is 27.3 Å². The molecule has 114 valence electrons. The quantitative estimate of drug-likeness (QED) is 0.651. The predicted octanol–water partition coefficient (Wildman–Crippen LogP) is 3.93. The van der Waals surface area contributed by atoms with Gasteiger partial charge in [0.1, 0.15) is 0 Å². The number of anilines is 2. The van der Waals surface area contributed by atoms with Crippen LogP contribution in [-0.4, -0.2) is 24.7 Å². The summed E-state index contributed by atoms with van der Waals surface area (Å²) in [6.45, 7) is 8.88. The third kappa shape index (κ3) is 5.38. The highest BCUT2D eigenvalue weighted by molar-refractivity contribution is 7.80. The molecule has 3 nitrogen and oxygen atoms in total. The molecule has 0 aliphatic carbocycles. The van der Waals surface area contributed by atoms with Gasteiger partial charge in [-0.2, -0.15) is 0 Å². The lowest BCUT2D eigenvalue weighted by Crippen LogP contribution is -2.29. The van der Waals surface area contributed by atoms with Crippen molar-refractivity contribution < 1.29 is 0 Å². The van der Waals surface area contributed by atoms with Gasteiger partial charge in [-0.05, 0) is 56.2 Å². The van der Waals surface area contributed by atoms with E-state index in [0.29, 0.717) is 11.7 Å². The maximum Gasteiger partial charge on any atom is 0.171 e. The summed E-state index contributed by atoms with van der Waals surface area (Å²) in [6, 6.07) is 8.54. The number of thiocarbonyl (C=S) groups is 1. The van der Waals surface area contributed by atoms with Crippen molar-refractivity contribution in [3.05, 3.63) is 36.4 Å². The van der Waals surface area contributed by atoms with E-state index in [2.05, 4.69) is 46.4 Å². The van der Waals surface area contributed by atoms with Crippen LogP contribution in [0.3, 0.4) is 0 Å². The Labute approximate surface area is 133 Å². The number of hydrogen-bond donors (Lipinski definition) is 2. The zero-order chi connectivity index (χ0) is 15.1. The second-order valence-corrected chi connectivity index (χ2v) is 6.12. The van der Waals surface area contributed by atoms with Gasteiger partial charge in [0.2, 0.25) is 0 Å². The van der Waals surface area contributed by atoms with Crippen LogP contribution in [0.5, 0.6) is 0 Å². The Kier molecular flexibility index (Phi) is 6.05. The smallest absolute Gasteiger partial charge is 0.171 e. The van der Waals surface area contributed by atoms with Crippen LogP contribution < -0.4 is 15.5 Å². The van der Waals surface area contributed by atoms with Gasteiger partial charge in [-0.1, -0.05) is 25.0 Å². The van der Waals surface area contributed by atoms with E-state index in [1.165, 1.54) is 44.5 Å². The Morgan fingerprint density at radius 1 is 1.14 bits per heavy atom. The van der Waals surface area contributed by atoms with Crippen LogP contribution in [-0.2, 0) is 0 Å². The van der Waals surface area contributed by atoms with Crippen molar-refractivity contribution in [3.8, 4) is 0 Å². The van der Waals surface area contributed by atoms with E-state index in [-0.39, 0.29) is 0 Å². The predicted molar refractivity (Wildman–Crippen MR) is 96.2 cm³/mol. The highest BCUT2D eigenvalue weighted by Gasteiger charge is 2.09. The fraction of sp³-hybridized carbons (Fsp3) is 0.471. The first-order valence-corrected chi connectivity index (χ1v) is 8.10. The van der Waals surface area contributed by atoms with Gasteiger partial charge in [-0.3, -0.25) is 0 Å². The number of nitrogens with zero attached hydrogens (tertiary/aromatic N) is 1. The molecule has 0 saturated carbocycles. The molecule has 1 aliphatic rings. The molecular weight excluding hydrogens is 278 g/mol. The highest BCUT2D eigenvalue weighted by atomic mass is 32.1. The maximum absolute atomic E-state index is 5.26. The lowest BCUT2D eigenvalue weighted by Gasteiger charge is -2.23. The fourth-order valence-corrected chi connectivity index (χ4v) is 2.68. The average Bonchev–Trinajstić information content (AvgIpc) is 2.75. The van der Waals surface area contributed by atoms with Crippen LogP contribution in [0.1, 0.15) is 32.6 Å². The molecule has 0 amide bonds. The van der Waals surface area contributed by atoms with Gasteiger partial charge >= 0.3 is 0 Å². The van der Waals surface area contributed by atoms with Crippen LogP contribution in [0.15, 0.2) is 36.4 Å². The van der Waals surface area contributed by atoms with E-state index in [0.717, 1.165) is 11.3 Å². The molecule has 1 aromatic rings. The van der Waals surface area contributed by atoms with E-state index in [1.807, 2.05) is 6.92 Å². The molecule has 0 atom stereocenters. The summed E-state index contributed by atoms with van der Waals surface area (Å²) in [7, 11) is 0. The molecule has 4 heteroatoms. The van der Waals surface area contributed by atoms with Crippen LogP contribution >= 0.6 is 12.2 Å². The normalized spacial score (nSPS) is 15.2. The van der Waals surface area contributed by atoms with Gasteiger partial charge in [0.05, 0.1) is 0 Å². The molecule has 2 N–H and O–H groups in total. The molecule has 0 radical (unpaired) electrons. The van der Waals surface area contributed by atoms with Crippen molar-refractivity contribution in [3.63, 3.8) is 0 Å². The van der Waals surface area contributed by atoms with E-state index in [9.17, 15) is 0 Å². The van der Waals surface area contributed by atoms with Crippen LogP contribution in [0, 0.1) is 0 Å². The summed E-state index contributed by atoms with van der Waals surface area (Å²) in [5.74, 6) is 0. The molecule has 1 aromatic carbocycles. The Hall–Kier alpha value is -1.55. The lowest BCUT2D eigenvalue weighted by atomic mass is 10.2. The zero-order valence-corrected chi connectivity index (χ0v) is 13.6. The molecule has 0 spiro atoms. The molecular formula is C17H25N3S. The Morgan fingerprint density at radius 3 is 2.33 bits per heavy atom. The number of nitrogens with one attached hydrogen (secondary N) is 2. The van der Waals surface area contributed by atoms with Gasteiger partial charge in [-0.15, -0.1) is 0 Å². The van der Waals surface area contributed by atoms with E-state index < -0.39 is 0 Å². The lowest BCUT2D eigenvalue weighted by molar-refractivity contribution is 0.726. The number of rotatable bonds is 4. The van der Waals surface area contributed by atoms with Crippen molar-refractivity contribution in [2.24, 2.45) is 0 Å². The first-order chi connectivity index (χ1) is 10.1. The summed E-state index contributed by atoms with van der Waals surface area (Å²) >= 11 is 5.26. The van der Waals surface area contributed by atoms with Crippen LogP contribution in [0.25, 0.3) is 0 Å². The van der Waals surface area contributed by atoms with Crippen molar-refractivity contribution in [2.75, 3.05) is 29.9 Å². The van der Waals surface area contributed by atoms with Gasteiger partial charge in [0.25, 0.3) is 0 Å². The third-order valence-corrected chi connectivity index (χ3v) is 3.89. The molecule has 1 heterocycles. The SMILES string of the molecule is C=C(C)CNC(=S)Nc1ccc(N2CCCCCC2)cc1. The number of benzene rings is 1. The highest BCUT2D eigenvalue weighted by Crippen LogP contribution is 2.21. The molecule has 1 fully saturated rings. The Bertz CT molecular complexity index is 473. The molecule has 0 aromatic heterocycles. The second kappa shape index (κ2) is 8.03. The van der Waals surface area contributed by atoms with Gasteiger partial charge < -0.3 is 15.5 Å². The van der Waals surface area contributed by atoms with E-state index >= 15 is 0 Å². The third-order valence-electron chi connectivity index (χ3n) is 3.65. The summed E-state index contributed by atoms with van der Waals surface area (Å²) < 4.78 is 0. The van der Waals surface area contributed by atoms with Crippen molar-refractivity contribution in [1.82, 2.24) is 5.32 Å².